The number of likely N-dealkylation sites (tertiary alicyclic amines) is 1. The Bertz CT molecular complexity index is 1110. The van der Waals surface area contributed by atoms with E-state index >= 15 is 0 Å². The Morgan fingerprint density at radius 3 is 2.70 bits per heavy atom. The Morgan fingerprint density at radius 2 is 1.93 bits per heavy atom. The number of carbonyl (C=O) groups excluding carboxylic acids is 1. The number of pyridine rings is 1. The van der Waals surface area contributed by atoms with Gasteiger partial charge < -0.3 is 4.90 Å². The van der Waals surface area contributed by atoms with Crippen molar-refractivity contribution in [2.24, 2.45) is 11.8 Å². The van der Waals surface area contributed by atoms with Crippen LogP contribution in [-0.2, 0) is 11.0 Å². The zero-order valence-corrected chi connectivity index (χ0v) is 16.4. The molecule has 1 amide bonds. The molecule has 3 aromatic rings. The molecule has 0 spiro atoms. The summed E-state index contributed by atoms with van der Waals surface area (Å²) in [6.45, 7) is 2.50. The van der Waals surface area contributed by atoms with Crippen molar-refractivity contribution in [2.75, 3.05) is 6.54 Å². The van der Waals surface area contributed by atoms with Gasteiger partial charge in [0.2, 0.25) is 6.41 Å². The van der Waals surface area contributed by atoms with Crippen LogP contribution in [0.1, 0.15) is 47.3 Å². The van der Waals surface area contributed by atoms with Crippen molar-refractivity contribution in [1.29, 1.82) is 0 Å². The third-order valence-corrected chi connectivity index (χ3v) is 6.66. The van der Waals surface area contributed by atoms with Gasteiger partial charge in [-0.15, -0.1) is 10.2 Å². The Balaban J connectivity index is 1.51. The van der Waals surface area contributed by atoms with E-state index < -0.39 is 11.7 Å². The normalized spacial score (nSPS) is 26.3. The molecular formula is C22H21F3N4O. The standard InChI is InChI=1S/C22H21F3N4O/c1-13-6-7-29-19(8-13)26-27-21(29)20-17-10-14(9-15(17)11-28(20)12-30)16-4-2-3-5-18(16)22(23,24)25/h2-8,12,14-15,17,20H,9-11H2,1H3/t14-,15+,17+,20?/m1/s1. The molecule has 3 heterocycles. The van der Waals surface area contributed by atoms with Crippen LogP contribution in [0, 0.1) is 18.8 Å². The van der Waals surface area contributed by atoms with Crippen LogP contribution in [0.3, 0.4) is 0 Å². The molecule has 30 heavy (non-hydrogen) atoms. The van der Waals surface area contributed by atoms with Gasteiger partial charge in [-0.05, 0) is 66.8 Å². The zero-order valence-electron chi connectivity index (χ0n) is 16.4. The molecule has 0 bridgehead atoms. The van der Waals surface area contributed by atoms with Gasteiger partial charge >= 0.3 is 6.18 Å². The molecular weight excluding hydrogens is 393 g/mol. The number of rotatable bonds is 3. The summed E-state index contributed by atoms with van der Waals surface area (Å²) in [5.41, 5.74) is 1.57. The topological polar surface area (TPSA) is 50.5 Å². The van der Waals surface area contributed by atoms with E-state index in [0.29, 0.717) is 36.4 Å². The maximum absolute atomic E-state index is 13.5. The van der Waals surface area contributed by atoms with Gasteiger partial charge in [-0.2, -0.15) is 13.2 Å². The van der Waals surface area contributed by atoms with E-state index in [4.69, 9.17) is 0 Å². The van der Waals surface area contributed by atoms with Gasteiger partial charge in [0.25, 0.3) is 0 Å². The van der Waals surface area contributed by atoms with Gasteiger partial charge in [0.15, 0.2) is 11.5 Å². The Kier molecular flexibility index (Phi) is 4.34. The number of halogens is 3. The van der Waals surface area contributed by atoms with Crippen molar-refractivity contribution in [2.45, 2.75) is 37.9 Å². The highest BCUT2D eigenvalue weighted by molar-refractivity contribution is 5.51. The monoisotopic (exact) mass is 414 g/mol. The van der Waals surface area contributed by atoms with Crippen LogP contribution < -0.4 is 0 Å². The van der Waals surface area contributed by atoms with Crippen LogP contribution in [0.15, 0.2) is 42.6 Å². The first-order valence-corrected chi connectivity index (χ1v) is 10.0. The number of hydrogen-bond acceptors (Lipinski definition) is 3. The second kappa shape index (κ2) is 6.82. The van der Waals surface area contributed by atoms with Gasteiger partial charge in [0.05, 0.1) is 11.6 Å². The first-order valence-electron chi connectivity index (χ1n) is 10.0. The van der Waals surface area contributed by atoms with Crippen molar-refractivity contribution in [3.63, 3.8) is 0 Å². The fraction of sp³-hybridized carbons (Fsp3) is 0.409. The Hall–Kier alpha value is -2.90. The minimum absolute atomic E-state index is 0.0511. The first kappa shape index (κ1) is 19.1. The Morgan fingerprint density at radius 1 is 1.13 bits per heavy atom. The lowest BCUT2D eigenvalue weighted by Crippen LogP contribution is -2.26. The largest absolute Gasteiger partial charge is 0.416 e. The van der Waals surface area contributed by atoms with E-state index in [1.807, 2.05) is 29.7 Å². The van der Waals surface area contributed by atoms with Crippen molar-refractivity contribution >= 4 is 12.1 Å². The van der Waals surface area contributed by atoms with Gasteiger partial charge in [0.1, 0.15) is 0 Å². The van der Waals surface area contributed by atoms with Crippen LogP contribution in [0.2, 0.25) is 0 Å². The van der Waals surface area contributed by atoms with Crippen LogP contribution in [0.4, 0.5) is 13.2 Å². The lowest BCUT2D eigenvalue weighted by atomic mass is 9.90. The van der Waals surface area contributed by atoms with Gasteiger partial charge in [-0.1, -0.05) is 18.2 Å². The number of benzene rings is 1. The average Bonchev–Trinajstić information content (AvgIpc) is 3.38. The molecule has 4 atom stereocenters. The minimum Gasteiger partial charge on any atom is -0.334 e. The van der Waals surface area contributed by atoms with Crippen molar-refractivity contribution in [3.8, 4) is 0 Å². The van der Waals surface area contributed by atoms with E-state index in [-0.39, 0.29) is 23.8 Å². The SMILES string of the molecule is Cc1ccn2c(C3[C@H]4C[C@H](c5ccccc5C(F)(F)F)C[C@H]4CN3C=O)nnc2c1. The fourth-order valence-corrected chi connectivity index (χ4v) is 5.41. The molecule has 0 radical (unpaired) electrons. The van der Waals surface area contributed by atoms with Gasteiger partial charge in [-0.25, -0.2) is 0 Å². The molecule has 1 aliphatic heterocycles. The molecule has 5 rings (SSSR count). The third kappa shape index (κ3) is 2.97. The summed E-state index contributed by atoms with van der Waals surface area (Å²) in [7, 11) is 0. The van der Waals surface area contributed by atoms with Crippen LogP contribution in [-0.4, -0.2) is 32.5 Å². The van der Waals surface area contributed by atoms with E-state index in [1.54, 1.807) is 17.0 Å². The number of carbonyl (C=O) groups is 1. The summed E-state index contributed by atoms with van der Waals surface area (Å²) in [4.78, 5) is 13.5. The maximum atomic E-state index is 13.5. The smallest absolute Gasteiger partial charge is 0.334 e. The van der Waals surface area contributed by atoms with Gasteiger partial charge in [0, 0.05) is 12.7 Å². The highest BCUT2D eigenvalue weighted by Gasteiger charge is 2.50. The fourth-order valence-electron chi connectivity index (χ4n) is 5.41. The summed E-state index contributed by atoms with van der Waals surface area (Å²) >= 11 is 0. The molecule has 5 nitrogen and oxygen atoms in total. The quantitative estimate of drug-likeness (QED) is 0.598. The number of nitrogens with zero attached hydrogens (tertiary/aromatic N) is 4. The van der Waals surface area contributed by atoms with Crippen LogP contribution >= 0.6 is 0 Å². The summed E-state index contributed by atoms with van der Waals surface area (Å²) in [5, 5.41) is 8.62. The average molecular weight is 414 g/mol. The number of aryl methyl sites for hydroxylation is 1. The highest BCUT2D eigenvalue weighted by atomic mass is 19.4. The summed E-state index contributed by atoms with van der Waals surface area (Å²) in [6, 6.07) is 9.45. The second-order valence-electron chi connectivity index (χ2n) is 8.41. The lowest BCUT2D eigenvalue weighted by Gasteiger charge is -2.25. The first-order chi connectivity index (χ1) is 14.4. The molecule has 1 saturated carbocycles. The minimum atomic E-state index is -4.37. The van der Waals surface area contributed by atoms with E-state index in [2.05, 4.69) is 10.2 Å². The maximum Gasteiger partial charge on any atom is 0.416 e. The van der Waals surface area contributed by atoms with E-state index in [1.165, 1.54) is 6.07 Å². The summed E-state index contributed by atoms with van der Waals surface area (Å²) in [5.74, 6) is 0.685. The summed E-state index contributed by atoms with van der Waals surface area (Å²) < 4.78 is 42.5. The number of amides is 1. The molecule has 156 valence electrons. The zero-order chi connectivity index (χ0) is 21.0. The van der Waals surface area contributed by atoms with Crippen LogP contribution in [0.25, 0.3) is 5.65 Å². The molecule has 1 saturated heterocycles. The lowest BCUT2D eigenvalue weighted by molar-refractivity contribution is -0.138. The van der Waals surface area contributed by atoms with Crippen molar-refractivity contribution in [3.05, 3.63) is 65.1 Å². The number of fused-ring (bicyclic) bond motifs is 2. The predicted molar refractivity (Wildman–Crippen MR) is 104 cm³/mol. The molecule has 8 heteroatoms. The molecule has 1 aromatic carbocycles. The molecule has 2 aliphatic rings. The molecule has 2 fully saturated rings. The number of aromatic nitrogens is 3. The molecule has 1 unspecified atom stereocenters. The van der Waals surface area contributed by atoms with Gasteiger partial charge in [-0.3, -0.25) is 9.20 Å². The van der Waals surface area contributed by atoms with E-state index in [0.717, 1.165) is 18.0 Å². The van der Waals surface area contributed by atoms with Crippen molar-refractivity contribution in [1.82, 2.24) is 19.5 Å². The van der Waals surface area contributed by atoms with E-state index in [9.17, 15) is 18.0 Å². The highest BCUT2D eigenvalue weighted by Crippen LogP contribution is 2.54. The summed E-state index contributed by atoms with van der Waals surface area (Å²) in [6.07, 6.45) is -0.426. The molecule has 2 aromatic heterocycles. The molecule has 0 N–H and O–H groups in total. The number of hydrogen-bond donors (Lipinski definition) is 0. The molecule has 1 aliphatic carbocycles. The van der Waals surface area contributed by atoms with Crippen LogP contribution in [0.5, 0.6) is 0 Å². The second-order valence-corrected chi connectivity index (χ2v) is 8.41. The predicted octanol–water partition coefficient (Wildman–Crippen LogP) is 4.38. The third-order valence-electron chi connectivity index (χ3n) is 6.66. The Labute approximate surface area is 171 Å². The van der Waals surface area contributed by atoms with Crippen molar-refractivity contribution < 1.29 is 18.0 Å². The number of alkyl halides is 3.